The number of hydrogen-bond acceptors (Lipinski definition) is 3. The minimum atomic E-state index is -0.160. The number of carbonyl (C=O) groups excluding carboxylic acids is 2. The van der Waals surface area contributed by atoms with Crippen molar-refractivity contribution < 1.29 is 9.59 Å². The van der Waals surface area contributed by atoms with Gasteiger partial charge in [0, 0.05) is 25.6 Å². The van der Waals surface area contributed by atoms with Crippen molar-refractivity contribution in [2.45, 2.75) is 13.3 Å². The molecular formula is C18H21N3O2. The zero-order chi connectivity index (χ0) is 16.7. The minimum absolute atomic E-state index is 0.151. The molecule has 5 nitrogen and oxygen atoms in total. The van der Waals surface area contributed by atoms with Gasteiger partial charge in [-0.1, -0.05) is 36.4 Å². The van der Waals surface area contributed by atoms with Gasteiger partial charge in [0.1, 0.15) is 0 Å². The van der Waals surface area contributed by atoms with Crippen molar-refractivity contribution in [3.8, 4) is 0 Å². The van der Waals surface area contributed by atoms with Gasteiger partial charge in [0.25, 0.3) is 5.91 Å². The van der Waals surface area contributed by atoms with E-state index in [9.17, 15) is 9.59 Å². The van der Waals surface area contributed by atoms with Crippen LogP contribution in [0.25, 0.3) is 0 Å². The van der Waals surface area contributed by atoms with Gasteiger partial charge in [-0.3, -0.25) is 20.0 Å². The monoisotopic (exact) mass is 311 g/mol. The quantitative estimate of drug-likeness (QED) is 0.805. The van der Waals surface area contributed by atoms with E-state index in [1.54, 1.807) is 18.1 Å². The maximum Gasteiger partial charge on any atom is 0.251 e. The Hall–Kier alpha value is -2.82. The van der Waals surface area contributed by atoms with E-state index in [0.717, 1.165) is 11.3 Å². The van der Waals surface area contributed by atoms with Gasteiger partial charge in [0.15, 0.2) is 0 Å². The van der Waals surface area contributed by atoms with Crippen LogP contribution in [-0.4, -0.2) is 25.4 Å². The summed E-state index contributed by atoms with van der Waals surface area (Å²) in [6.07, 6.45) is 0.217. The van der Waals surface area contributed by atoms with E-state index in [0.29, 0.717) is 12.1 Å². The van der Waals surface area contributed by atoms with Crippen molar-refractivity contribution in [3.63, 3.8) is 0 Å². The highest BCUT2D eigenvalue weighted by atomic mass is 16.2. The molecule has 120 valence electrons. The Morgan fingerprint density at radius 3 is 2.35 bits per heavy atom. The Morgan fingerprint density at radius 1 is 1.00 bits per heavy atom. The molecule has 0 unspecified atom stereocenters. The van der Waals surface area contributed by atoms with Gasteiger partial charge in [0.2, 0.25) is 5.91 Å². The van der Waals surface area contributed by atoms with Crippen molar-refractivity contribution in [1.29, 1.82) is 0 Å². The standard InChI is InChI=1S/C18H21N3O2/c1-14-8-6-7-11-16(14)18(23)19-13-12-17(22)20-21(2)15-9-4-3-5-10-15/h3-11H,12-13H2,1-2H3,(H,19,23)(H,20,22). The normalized spacial score (nSPS) is 10.0. The van der Waals surface area contributed by atoms with Crippen molar-refractivity contribution in [1.82, 2.24) is 10.7 Å². The molecule has 0 aromatic heterocycles. The molecule has 2 N–H and O–H groups in total. The number of hydrogen-bond donors (Lipinski definition) is 2. The van der Waals surface area contributed by atoms with E-state index < -0.39 is 0 Å². The van der Waals surface area contributed by atoms with Crippen molar-refractivity contribution in [3.05, 3.63) is 65.7 Å². The number of rotatable bonds is 6. The second kappa shape index (κ2) is 7.98. The lowest BCUT2D eigenvalue weighted by molar-refractivity contribution is -0.121. The van der Waals surface area contributed by atoms with Crippen LogP contribution >= 0.6 is 0 Å². The van der Waals surface area contributed by atoms with Crippen LogP contribution in [0.2, 0.25) is 0 Å². The van der Waals surface area contributed by atoms with Crippen molar-refractivity contribution in [2.75, 3.05) is 18.6 Å². The molecule has 0 spiro atoms. The van der Waals surface area contributed by atoms with E-state index in [-0.39, 0.29) is 18.2 Å². The zero-order valence-corrected chi connectivity index (χ0v) is 13.4. The molecule has 0 saturated carbocycles. The van der Waals surface area contributed by atoms with E-state index in [1.807, 2.05) is 55.5 Å². The van der Waals surface area contributed by atoms with Crippen LogP contribution in [-0.2, 0) is 4.79 Å². The molecule has 2 aromatic rings. The molecule has 2 aromatic carbocycles. The third kappa shape index (κ3) is 4.85. The molecule has 0 aliphatic rings. The third-order valence-electron chi connectivity index (χ3n) is 3.46. The van der Waals surface area contributed by atoms with E-state index in [2.05, 4.69) is 10.7 Å². The van der Waals surface area contributed by atoms with Crippen LogP contribution in [0.4, 0.5) is 5.69 Å². The van der Waals surface area contributed by atoms with Crippen molar-refractivity contribution >= 4 is 17.5 Å². The Labute approximate surface area is 136 Å². The third-order valence-corrected chi connectivity index (χ3v) is 3.46. The average Bonchev–Trinajstić information content (AvgIpc) is 2.56. The first-order chi connectivity index (χ1) is 11.1. The number of hydrazine groups is 1. The molecule has 0 heterocycles. The van der Waals surface area contributed by atoms with E-state index >= 15 is 0 Å². The number of carbonyl (C=O) groups is 2. The molecule has 0 aliphatic heterocycles. The zero-order valence-electron chi connectivity index (χ0n) is 13.4. The van der Waals surface area contributed by atoms with Crippen LogP contribution in [0.5, 0.6) is 0 Å². The van der Waals surface area contributed by atoms with Gasteiger partial charge >= 0.3 is 0 Å². The molecule has 0 bridgehead atoms. The fraction of sp³-hybridized carbons (Fsp3) is 0.222. The number of anilines is 1. The molecule has 23 heavy (non-hydrogen) atoms. The summed E-state index contributed by atoms with van der Waals surface area (Å²) in [4.78, 5) is 23.9. The van der Waals surface area contributed by atoms with Gasteiger partial charge in [-0.15, -0.1) is 0 Å². The maximum absolute atomic E-state index is 12.0. The highest BCUT2D eigenvalue weighted by Crippen LogP contribution is 2.08. The van der Waals surface area contributed by atoms with Gasteiger partial charge < -0.3 is 5.32 Å². The number of nitrogens with zero attached hydrogens (tertiary/aromatic N) is 1. The summed E-state index contributed by atoms with van der Waals surface area (Å²) < 4.78 is 0. The highest BCUT2D eigenvalue weighted by molar-refractivity contribution is 5.95. The van der Waals surface area contributed by atoms with E-state index in [4.69, 9.17) is 0 Å². The molecule has 0 fully saturated rings. The predicted octanol–water partition coefficient (Wildman–Crippen LogP) is 2.28. The number of benzene rings is 2. The second-order valence-corrected chi connectivity index (χ2v) is 5.25. The lowest BCUT2D eigenvalue weighted by Crippen LogP contribution is -2.40. The van der Waals surface area contributed by atoms with Crippen molar-refractivity contribution in [2.24, 2.45) is 0 Å². The largest absolute Gasteiger partial charge is 0.352 e. The molecule has 0 aliphatic carbocycles. The van der Waals surface area contributed by atoms with Gasteiger partial charge in [0.05, 0.1) is 5.69 Å². The fourth-order valence-electron chi connectivity index (χ4n) is 2.17. The molecule has 0 saturated heterocycles. The average molecular weight is 311 g/mol. The second-order valence-electron chi connectivity index (χ2n) is 5.25. The summed E-state index contributed by atoms with van der Waals surface area (Å²) in [7, 11) is 1.78. The molecular weight excluding hydrogens is 290 g/mol. The topological polar surface area (TPSA) is 61.4 Å². The summed E-state index contributed by atoms with van der Waals surface area (Å²) in [6.45, 7) is 2.18. The van der Waals surface area contributed by atoms with Gasteiger partial charge in [-0.25, -0.2) is 0 Å². The number of amides is 2. The molecule has 5 heteroatoms. The Balaban J connectivity index is 1.77. The molecule has 0 radical (unpaired) electrons. The van der Waals surface area contributed by atoms with Crippen LogP contribution in [0.15, 0.2) is 54.6 Å². The number of para-hydroxylation sites is 1. The van der Waals surface area contributed by atoms with Gasteiger partial charge in [-0.2, -0.15) is 0 Å². The predicted molar refractivity (Wildman–Crippen MR) is 91.1 cm³/mol. The van der Waals surface area contributed by atoms with Crippen LogP contribution in [0.3, 0.4) is 0 Å². The number of nitrogens with one attached hydrogen (secondary N) is 2. The summed E-state index contributed by atoms with van der Waals surface area (Å²) in [5.41, 5.74) is 5.21. The Morgan fingerprint density at radius 2 is 1.65 bits per heavy atom. The smallest absolute Gasteiger partial charge is 0.251 e. The van der Waals surface area contributed by atoms with E-state index in [1.165, 1.54) is 0 Å². The summed E-state index contributed by atoms with van der Waals surface area (Å²) in [6, 6.07) is 16.9. The molecule has 0 atom stereocenters. The Bertz CT molecular complexity index is 671. The lowest BCUT2D eigenvalue weighted by Gasteiger charge is -2.20. The SMILES string of the molecule is Cc1ccccc1C(=O)NCCC(=O)NN(C)c1ccccc1. The first-order valence-electron chi connectivity index (χ1n) is 7.50. The number of aryl methyl sites for hydroxylation is 1. The van der Waals surface area contributed by atoms with Crippen LogP contribution in [0, 0.1) is 6.92 Å². The summed E-state index contributed by atoms with van der Waals surface area (Å²) >= 11 is 0. The molecule has 2 amide bonds. The summed E-state index contributed by atoms with van der Waals surface area (Å²) in [5, 5.41) is 4.42. The fourth-order valence-corrected chi connectivity index (χ4v) is 2.17. The van der Waals surface area contributed by atoms with Crippen LogP contribution in [0.1, 0.15) is 22.3 Å². The lowest BCUT2D eigenvalue weighted by atomic mass is 10.1. The first kappa shape index (κ1) is 16.5. The maximum atomic E-state index is 12.0. The highest BCUT2D eigenvalue weighted by Gasteiger charge is 2.09. The van der Waals surface area contributed by atoms with Gasteiger partial charge in [-0.05, 0) is 30.7 Å². The first-order valence-corrected chi connectivity index (χ1v) is 7.50. The Kier molecular flexibility index (Phi) is 5.74. The summed E-state index contributed by atoms with van der Waals surface area (Å²) in [5.74, 6) is -0.311. The minimum Gasteiger partial charge on any atom is -0.352 e. The van der Waals surface area contributed by atoms with Crippen LogP contribution < -0.4 is 15.8 Å². The molecule has 2 rings (SSSR count).